The molecule has 0 aromatic rings. The van der Waals surface area contributed by atoms with Gasteiger partial charge in [-0.05, 0) is 31.2 Å². The number of hydrogen-bond acceptors (Lipinski definition) is 2. The Kier molecular flexibility index (Phi) is 1.24. The highest BCUT2D eigenvalue weighted by atomic mass is 16.5. The molecule has 3 aliphatic rings. The third kappa shape index (κ3) is 0.775. The van der Waals surface area contributed by atoms with Gasteiger partial charge in [0.1, 0.15) is 0 Å². The largest absolute Gasteiger partial charge is 0.378 e. The van der Waals surface area contributed by atoms with Gasteiger partial charge in [-0.25, -0.2) is 0 Å². The van der Waals surface area contributed by atoms with Crippen LogP contribution < -0.4 is 5.73 Å². The van der Waals surface area contributed by atoms with Gasteiger partial charge in [0.25, 0.3) is 0 Å². The Morgan fingerprint density at radius 2 is 2.22 bits per heavy atom. The van der Waals surface area contributed by atoms with Crippen molar-refractivity contribution in [3.63, 3.8) is 0 Å². The van der Waals surface area contributed by atoms with Crippen LogP contribution >= 0.6 is 0 Å². The molecule has 9 heavy (non-hydrogen) atoms. The Labute approximate surface area is 55.4 Å². The molecule has 3 rings (SSSR count). The molecule has 1 unspecified atom stereocenters. The van der Waals surface area contributed by atoms with E-state index >= 15 is 0 Å². The zero-order valence-electron chi connectivity index (χ0n) is 5.55. The van der Waals surface area contributed by atoms with Crippen molar-refractivity contribution in [3.05, 3.63) is 0 Å². The van der Waals surface area contributed by atoms with Crippen LogP contribution in [0.3, 0.4) is 0 Å². The molecule has 0 aromatic carbocycles. The molecule has 3 fully saturated rings. The normalized spacial score (nSPS) is 48.3. The highest BCUT2D eigenvalue weighted by molar-refractivity contribution is 4.89. The van der Waals surface area contributed by atoms with E-state index in [0.717, 1.165) is 19.1 Å². The van der Waals surface area contributed by atoms with E-state index in [1.54, 1.807) is 0 Å². The van der Waals surface area contributed by atoms with Crippen molar-refractivity contribution in [3.8, 4) is 0 Å². The van der Waals surface area contributed by atoms with Crippen molar-refractivity contribution in [2.24, 2.45) is 17.6 Å². The molecule has 1 saturated carbocycles. The fourth-order valence-electron chi connectivity index (χ4n) is 1.78. The van der Waals surface area contributed by atoms with Gasteiger partial charge in [-0.1, -0.05) is 0 Å². The van der Waals surface area contributed by atoms with Crippen LogP contribution in [0.1, 0.15) is 12.8 Å². The van der Waals surface area contributed by atoms with Crippen LogP contribution in [0.5, 0.6) is 0 Å². The predicted octanol–water partition coefficient (Wildman–Crippen LogP) is 0.370. The Hall–Kier alpha value is -0.0800. The first-order chi connectivity index (χ1) is 4.40. The monoisotopic (exact) mass is 127 g/mol. The summed E-state index contributed by atoms with van der Waals surface area (Å²) >= 11 is 0. The van der Waals surface area contributed by atoms with Gasteiger partial charge < -0.3 is 10.5 Å². The van der Waals surface area contributed by atoms with Crippen LogP contribution in [0.4, 0.5) is 0 Å². The second-order valence-electron chi connectivity index (χ2n) is 3.18. The summed E-state index contributed by atoms with van der Waals surface area (Å²) in [5, 5.41) is 0. The summed E-state index contributed by atoms with van der Waals surface area (Å²) in [6.45, 7) is 1.74. The van der Waals surface area contributed by atoms with E-state index in [1.165, 1.54) is 12.8 Å². The van der Waals surface area contributed by atoms with E-state index in [4.69, 9.17) is 10.5 Å². The Morgan fingerprint density at radius 1 is 1.44 bits per heavy atom. The molecule has 0 radical (unpaired) electrons. The van der Waals surface area contributed by atoms with Gasteiger partial charge in [0, 0.05) is 0 Å². The standard InChI is InChI=1S/C7H13NO/c8-3-6-4-9-7-1-5(6)2-7/h5-7H,1-4,8H2. The van der Waals surface area contributed by atoms with Crippen molar-refractivity contribution in [2.75, 3.05) is 13.2 Å². The van der Waals surface area contributed by atoms with Crippen molar-refractivity contribution in [2.45, 2.75) is 18.9 Å². The molecule has 2 saturated heterocycles. The molecule has 2 nitrogen and oxygen atoms in total. The first kappa shape index (κ1) is 5.69. The quantitative estimate of drug-likeness (QED) is 0.552. The SMILES string of the molecule is NCC1COC2CC1C2. The zero-order chi connectivity index (χ0) is 6.27. The van der Waals surface area contributed by atoms with Crippen molar-refractivity contribution < 1.29 is 4.74 Å². The summed E-state index contributed by atoms with van der Waals surface area (Å²) in [6, 6.07) is 0. The van der Waals surface area contributed by atoms with Crippen LogP contribution in [0.15, 0.2) is 0 Å². The molecular formula is C7H13NO. The van der Waals surface area contributed by atoms with Crippen LogP contribution in [-0.2, 0) is 4.74 Å². The van der Waals surface area contributed by atoms with Gasteiger partial charge in [-0.2, -0.15) is 0 Å². The molecule has 1 atom stereocenters. The second kappa shape index (κ2) is 1.96. The molecule has 2 heteroatoms. The Bertz CT molecular complexity index is 107. The van der Waals surface area contributed by atoms with Gasteiger partial charge in [-0.15, -0.1) is 0 Å². The van der Waals surface area contributed by atoms with Crippen LogP contribution in [0, 0.1) is 11.8 Å². The highest BCUT2D eigenvalue weighted by Gasteiger charge is 2.39. The molecule has 2 bridgehead atoms. The number of fused-ring (bicyclic) bond motifs is 2. The summed E-state index contributed by atoms with van der Waals surface area (Å²) in [7, 11) is 0. The maximum absolute atomic E-state index is 5.54. The van der Waals surface area contributed by atoms with E-state index in [-0.39, 0.29) is 0 Å². The molecule has 0 spiro atoms. The third-order valence-electron chi connectivity index (χ3n) is 2.65. The number of rotatable bonds is 1. The van der Waals surface area contributed by atoms with E-state index in [1.807, 2.05) is 0 Å². The lowest BCUT2D eigenvalue weighted by Crippen LogP contribution is -2.47. The fraction of sp³-hybridized carbons (Fsp3) is 1.00. The van der Waals surface area contributed by atoms with Crippen LogP contribution in [0.25, 0.3) is 0 Å². The van der Waals surface area contributed by atoms with Gasteiger partial charge in [-0.3, -0.25) is 0 Å². The Morgan fingerprint density at radius 3 is 2.56 bits per heavy atom. The zero-order valence-corrected chi connectivity index (χ0v) is 5.55. The maximum Gasteiger partial charge on any atom is 0.0580 e. The van der Waals surface area contributed by atoms with E-state index in [2.05, 4.69) is 0 Å². The minimum Gasteiger partial charge on any atom is -0.378 e. The summed E-state index contributed by atoms with van der Waals surface area (Å²) in [4.78, 5) is 0. The topological polar surface area (TPSA) is 35.2 Å². The van der Waals surface area contributed by atoms with Crippen molar-refractivity contribution in [1.82, 2.24) is 0 Å². The first-order valence-electron chi connectivity index (χ1n) is 3.72. The predicted molar refractivity (Wildman–Crippen MR) is 35.0 cm³/mol. The highest BCUT2D eigenvalue weighted by Crippen LogP contribution is 2.40. The van der Waals surface area contributed by atoms with Gasteiger partial charge >= 0.3 is 0 Å². The molecule has 2 heterocycles. The second-order valence-corrected chi connectivity index (χ2v) is 3.18. The van der Waals surface area contributed by atoms with Gasteiger partial charge in [0.05, 0.1) is 12.7 Å². The molecule has 0 amide bonds. The number of hydrogen-bond donors (Lipinski definition) is 1. The summed E-state index contributed by atoms with van der Waals surface area (Å²) in [5.74, 6) is 1.59. The summed E-state index contributed by atoms with van der Waals surface area (Å²) in [6.07, 6.45) is 3.17. The maximum atomic E-state index is 5.54. The summed E-state index contributed by atoms with van der Waals surface area (Å²) in [5.41, 5.74) is 5.54. The lowest BCUT2D eigenvalue weighted by atomic mass is 9.71. The average molecular weight is 127 g/mol. The van der Waals surface area contributed by atoms with E-state index < -0.39 is 0 Å². The fourth-order valence-corrected chi connectivity index (χ4v) is 1.78. The van der Waals surface area contributed by atoms with Crippen LogP contribution in [-0.4, -0.2) is 19.3 Å². The lowest BCUT2D eigenvalue weighted by molar-refractivity contribution is -0.124. The van der Waals surface area contributed by atoms with E-state index in [0.29, 0.717) is 12.0 Å². The number of nitrogens with two attached hydrogens (primary N) is 1. The first-order valence-corrected chi connectivity index (χ1v) is 3.72. The van der Waals surface area contributed by atoms with Crippen molar-refractivity contribution >= 4 is 0 Å². The smallest absolute Gasteiger partial charge is 0.0580 e. The molecule has 0 aromatic heterocycles. The third-order valence-corrected chi connectivity index (χ3v) is 2.65. The minimum absolute atomic E-state index is 0.609. The summed E-state index contributed by atoms with van der Waals surface area (Å²) < 4.78 is 5.47. The molecule has 52 valence electrons. The van der Waals surface area contributed by atoms with Crippen molar-refractivity contribution in [1.29, 1.82) is 0 Å². The lowest BCUT2D eigenvalue weighted by Gasteiger charge is -2.45. The molecule has 2 aliphatic heterocycles. The minimum atomic E-state index is 0.609. The van der Waals surface area contributed by atoms with E-state index in [9.17, 15) is 0 Å². The molecular weight excluding hydrogens is 114 g/mol. The molecule has 1 aliphatic carbocycles. The average Bonchev–Trinajstić information content (AvgIpc) is 1.86. The van der Waals surface area contributed by atoms with Gasteiger partial charge in [0.2, 0.25) is 0 Å². The Balaban J connectivity index is 1.94. The molecule has 2 N–H and O–H groups in total. The number of ether oxygens (including phenoxy) is 1. The van der Waals surface area contributed by atoms with Gasteiger partial charge in [0.15, 0.2) is 0 Å². The van der Waals surface area contributed by atoms with Crippen LogP contribution in [0.2, 0.25) is 0 Å².